The van der Waals surface area contributed by atoms with E-state index < -0.39 is 5.54 Å². The Bertz CT molecular complexity index is 616. The standard InChI is InChI=1S/C16H18ClNO3/c1-10(2)13-11(16(4-5-16)18-9-19)8-12(17)14-15(13)21-7-3-6-20-14/h8,10H,3-7H2,1-2H3. The first-order valence-corrected chi connectivity index (χ1v) is 7.68. The van der Waals surface area contributed by atoms with Gasteiger partial charge in [-0.25, -0.2) is 4.79 Å². The smallest absolute Gasteiger partial charge is 0.235 e. The molecule has 0 bridgehead atoms. The van der Waals surface area contributed by atoms with Gasteiger partial charge in [-0.05, 0) is 30.4 Å². The number of benzene rings is 1. The molecular weight excluding hydrogens is 290 g/mol. The second-order valence-electron chi connectivity index (χ2n) is 5.92. The van der Waals surface area contributed by atoms with Crippen molar-refractivity contribution in [3.63, 3.8) is 0 Å². The lowest BCUT2D eigenvalue weighted by molar-refractivity contribution is 0.295. The first kappa shape index (κ1) is 14.4. The molecule has 5 heteroatoms. The second kappa shape index (κ2) is 5.36. The topological polar surface area (TPSA) is 47.9 Å². The van der Waals surface area contributed by atoms with E-state index in [9.17, 15) is 4.79 Å². The largest absolute Gasteiger partial charge is 0.489 e. The van der Waals surface area contributed by atoms with Crippen molar-refractivity contribution in [1.29, 1.82) is 0 Å². The molecule has 112 valence electrons. The molecule has 1 fully saturated rings. The average Bonchev–Trinajstić information content (AvgIpc) is 3.22. The summed E-state index contributed by atoms with van der Waals surface area (Å²) in [6.45, 7) is 5.40. The molecule has 0 unspecified atom stereocenters. The van der Waals surface area contributed by atoms with Crippen LogP contribution in [0.2, 0.25) is 5.02 Å². The van der Waals surface area contributed by atoms with Gasteiger partial charge in [0.15, 0.2) is 11.5 Å². The fourth-order valence-electron chi connectivity index (χ4n) is 2.91. The SMILES string of the molecule is CC(C)c1c(C2(N=C=O)CC2)cc(Cl)c2c1OCCCO2. The van der Waals surface area contributed by atoms with Gasteiger partial charge in [0, 0.05) is 12.0 Å². The Morgan fingerprint density at radius 2 is 1.95 bits per heavy atom. The minimum atomic E-state index is -0.463. The Morgan fingerprint density at radius 3 is 2.52 bits per heavy atom. The molecule has 4 nitrogen and oxygen atoms in total. The molecule has 0 amide bonds. The summed E-state index contributed by atoms with van der Waals surface area (Å²) in [6.07, 6.45) is 4.23. The van der Waals surface area contributed by atoms with Crippen LogP contribution in [0.25, 0.3) is 0 Å². The van der Waals surface area contributed by atoms with E-state index in [1.807, 2.05) is 6.07 Å². The lowest BCUT2D eigenvalue weighted by atomic mass is 9.90. The fourth-order valence-corrected chi connectivity index (χ4v) is 3.16. The Labute approximate surface area is 129 Å². The number of nitrogens with zero attached hydrogens (tertiary/aromatic N) is 1. The maximum Gasteiger partial charge on any atom is 0.235 e. The van der Waals surface area contributed by atoms with Crippen LogP contribution >= 0.6 is 11.6 Å². The summed E-state index contributed by atoms with van der Waals surface area (Å²) in [7, 11) is 0. The summed E-state index contributed by atoms with van der Waals surface area (Å²) in [5.41, 5.74) is 1.57. The molecule has 2 aliphatic rings. The van der Waals surface area contributed by atoms with E-state index in [0.717, 1.165) is 36.1 Å². The van der Waals surface area contributed by atoms with E-state index in [2.05, 4.69) is 18.8 Å². The van der Waals surface area contributed by atoms with Crippen LogP contribution in [-0.4, -0.2) is 19.3 Å². The Kier molecular flexibility index (Phi) is 3.68. The normalized spacial score (nSPS) is 18.9. The van der Waals surface area contributed by atoms with Crippen molar-refractivity contribution in [2.75, 3.05) is 13.2 Å². The highest BCUT2D eigenvalue weighted by atomic mass is 35.5. The van der Waals surface area contributed by atoms with E-state index in [4.69, 9.17) is 21.1 Å². The molecule has 1 aliphatic heterocycles. The molecule has 0 atom stereocenters. The molecule has 0 N–H and O–H groups in total. The molecule has 0 saturated heterocycles. The molecule has 1 aliphatic carbocycles. The summed E-state index contributed by atoms with van der Waals surface area (Å²) < 4.78 is 11.7. The van der Waals surface area contributed by atoms with Gasteiger partial charge in [0.05, 0.1) is 23.8 Å². The zero-order chi connectivity index (χ0) is 15.0. The van der Waals surface area contributed by atoms with Crippen LogP contribution in [0.5, 0.6) is 11.5 Å². The van der Waals surface area contributed by atoms with Crippen molar-refractivity contribution >= 4 is 17.7 Å². The predicted octanol–water partition coefficient (Wildman–Crippen LogP) is 3.95. The highest BCUT2D eigenvalue weighted by Gasteiger charge is 2.48. The van der Waals surface area contributed by atoms with Crippen LogP contribution in [0.1, 0.15) is 50.2 Å². The maximum atomic E-state index is 10.8. The minimum Gasteiger partial charge on any atom is -0.489 e. The van der Waals surface area contributed by atoms with Gasteiger partial charge in [0.25, 0.3) is 0 Å². The zero-order valence-electron chi connectivity index (χ0n) is 12.2. The predicted molar refractivity (Wildman–Crippen MR) is 80.2 cm³/mol. The van der Waals surface area contributed by atoms with Crippen LogP contribution in [0.3, 0.4) is 0 Å². The molecule has 3 rings (SSSR count). The summed E-state index contributed by atoms with van der Waals surface area (Å²) in [6, 6.07) is 1.89. The number of fused-ring (bicyclic) bond motifs is 1. The highest BCUT2D eigenvalue weighted by Crippen LogP contribution is 2.56. The van der Waals surface area contributed by atoms with Gasteiger partial charge in [-0.15, -0.1) is 0 Å². The molecule has 1 heterocycles. The zero-order valence-corrected chi connectivity index (χ0v) is 13.0. The van der Waals surface area contributed by atoms with Crippen LogP contribution in [0, 0.1) is 0 Å². The van der Waals surface area contributed by atoms with E-state index >= 15 is 0 Å². The first-order chi connectivity index (χ1) is 10.1. The number of aliphatic imine (C=N–C) groups is 1. The van der Waals surface area contributed by atoms with Crippen molar-refractivity contribution in [1.82, 2.24) is 0 Å². The number of halogens is 1. The summed E-state index contributed by atoms with van der Waals surface area (Å²) >= 11 is 6.39. The average molecular weight is 308 g/mol. The molecule has 0 radical (unpaired) electrons. The van der Waals surface area contributed by atoms with Gasteiger partial charge in [-0.3, -0.25) is 0 Å². The lowest BCUT2D eigenvalue weighted by Crippen LogP contribution is -2.11. The number of ether oxygens (including phenoxy) is 2. The number of isocyanates is 1. The van der Waals surface area contributed by atoms with Crippen molar-refractivity contribution in [3.05, 3.63) is 22.2 Å². The third kappa shape index (κ3) is 2.43. The number of rotatable bonds is 3. The minimum absolute atomic E-state index is 0.229. The Morgan fingerprint density at radius 1 is 1.29 bits per heavy atom. The number of hydrogen-bond acceptors (Lipinski definition) is 4. The van der Waals surface area contributed by atoms with Gasteiger partial charge in [-0.1, -0.05) is 25.4 Å². The quantitative estimate of drug-likeness (QED) is 0.627. The molecule has 0 spiro atoms. The third-order valence-corrected chi connectivity index (χ3v) is 4.35. The van der Waals surface area contributed by atoms with Crippen LogP contribution in [0.15, 0.2) is 11.1 Å². The lowest BCUT2D eigenvalue weighted by Gasteiger charge is -2.23. The Balaban J connectivity index is 2.23. The monoisotopic (exact) mass is 307 g/mol. The first-order valence-electron chi connectivity index (χ1n) is 7.30. The van der Waals surface area contributed by atoms with Crippen molar-refractivity contribution in [2.45, 2.75) is 44.6 Å². The maximum absolute atomic E-state index is 10.8. The van der Waals surface area contributed by atoms with Gasteiger partial charge in [0.1, 0.15) is 0 Å². The summed E-state index contributed by atoms with van der Waals surface area (Å²) in [5, 5.41) is 0.527. The molecule has 21 heavy (non-hydrogen) atoms. The van der Waals surface area contributed by atoms with Gasteiger partial charge in [0.2, 0.25) is 6.08 Å². The molecule has 1 aromatic carbocycles. The van der Waals surface area contributed by atoms with Crippen molar-refractivity contribution in [2.24, 2.45) is 4.99 Å². The van der Waals surface area contributed by atoms with Gasteiger partial charge in [-0.2, -0.15) is 4.99 Å². The van der Waals surface area contributed by atoms with Gasteiger partial charge >= 0.3 is 0 Å². The van der Waals surface area contributed by atoms with Crippen molar-refractivity contribution < 1.29 is 14.3 Å². The Hall–Kier alpha value is -1.51. The van der Waals surface area contributed by atoms with Crippen molar-refractivity contribution in [3.8, 4) is 11.5 Å². The third-order valence-electron chi connectivity index (χ3n) is 4.07. The molecule has 1 aromatic rings. The van der Waals surface area contributed by atoms with Crippen LogP contribution in [-0.2, 0) is 10.3 Å². The van der Waals surface area contributed by atoms with E-state index in [-0.39, 0.29) is 5.92 Å². The van der Waals surface area contributed by atoms with Crippen LogP contribution in [0.4, 0.5) is 0 Å². The molecule has 1 saturated carbocycles. The fraction of sp³-hybridized carbons (Fsp3) is 0.562. The summed E-state index contributed by atoms with van der Waals surface area (Å²) in [5.74, 6) is 1.57. The highest BCUT2D eigenvalue weighted by molar-refractivity contribution is 6.32. The molecule has 0 aromatic heterocycles. The summed E-state index contributed by atoms with van der Waals surface area (Å²) in [4.78, 5) is 14.8. The van der Waals surface area contributed by atoms with Gasteiger partial charge < -0.3 is 9.47 Å². The number of hydrogen-bond donors (Lipinski definition) is 0. The second-order valence-corrected chi connectivity index (χ2v) is 6.32. The van der Waals surface area contributed by atoms with E-state index in [1.165, 1.54) is 0 Å². The number of carbonyl (C=O) groups excluding carboxylic acids is 1. The van der Waals surface area contributed by atoms with E-state index in [1.54, 1.807) is 6.08 Å². The molecular formula is C16H18ClNO3. The van der Waals surface area contributed by atoms with Crippen LogP contribution < -0.4 is 9.47 Å². The van der Waals surface area contributed by atoms with E-state index in [0.29, 0.717) is 24.0 Å².